The highest BCUT2D eigenvalue weighted by molar-refractivity contribution is 5.86. The third-order valence-corrected chi connectivity index (χ3v) is 13.3. The predicted molar refractivity (Wildman–Crippen MR) is 276 cm³/mol. The maximum Gasteiger partial charge on any atom is 0.294 e. The molecule has 0 radical (unpaired) electrons. The van der Waals surface area contributed by atoms with Crippen LogP contribution in [0.3, 0.4) is 0 Å². The molecule has 2 saturated heterocycles. The molecule has 8 aromatic rings. The standard InChI is InChI=1S/C25H28N8O3.C25H30N8O/c1-30(2)18-7-8-32(14-18)22-12-24(36-4)20(10-23(22)33(34)35)29-25-11-19(26-15-27-25)16-5-6-21-17(9-16)13-28-31(21)3;1-31(2)18-7-8-33(14-18)23-12-24(34-4)21(10-19(23)26)30-25-11-20(27-15-28-25)16-5-6-22-17(9-16)13-29-32(22)3/h5-6,9-13,15,18H,7-8,14H2,1-4H3,(H,26,27,29);5-6,9-13,15,18H,7-8,14,26H2,1-4H3,(H,27,28,30). The molecule has 2 atom stereocenters. The molecule has 6 heterocycles. The topological polar surface area (TPSA) is 212 Å². The van der Waals surface area contributed by atoms with Gasteiger partial charge in [-0.15, -0.1) is 0 Å². The van der Waals surface area contributed by atoms with Crippen molar-refractivity contribution >= 4 is 67.6 Å². The first-order valence-corrected chi connectivity index (χ1v) is 23.0. The van der Waals surface area contributed by atoms with Gasteiger partial charge in [-0.25, -0.2) is 19.9 Å². The van der Waals surface area contributed by atoms with E-state index in [1.165, 1.54) is 12.4 Å². The molecule has 10 rings (SSSR count). The van der Waals surface area contributed by atoms with Gasteiger partial charge in [-0.05, 0) is 71.4 Å². The Bertz CT molecular complexity index is 3190. The number of hydrogen-bond acceptors (Lipinski definition) is 17. The maximum atomic E-state index is 12.0. The molecular formula is C50H58N16O4. The van der Waals surface area contributed by atoms with E-state index in [2.05, 4.69) is 81.7 Å². The Labute approximate surface area is 405 Å². The van der Waals surface area contributed by atoms with Crippen molar-refractivity contribution in [2.24, 2.45) is 14.1 Å². The first-order chi connectivity index (χ1) is 33.8. The lowest BCUT2D eigenvalue weighted by Crippen LogP contribution is -2.31. The van der Waals surface area contributed by atoms with E-state index < -0.39 is 0 Å². The zero-order valence-corrected chi connectivity index (χ0v) is 40.7. The van der Waals surface area contributed by atoms with E-state index in [1.54, 1.807) is 32.7 Å². The summed E-state index contributed by atoms with van der Waals surface area (Å²) in [7, 11) is 15.4. The van der Waals surface area contributed by atoms with Gasteiger partial charge in [0.1, 0.15) is 41.5 Å². The quantitative estimate of drug-likeness (QED) is 0.0586. The van der Waals surface area contributed by atoms with Crippen LogP contribution in [-0.2, 0) is 14.1 Å². The largest absolute Gasteiger partial charge is 0.494 e. The lowest BCUT2D eigenvalue weighted by atomic mass is 10.1. The van der Waals surface area contributed by atoms with Gasteiger partial charge in [0.15, 0.2) is 0 Å². The molecule has 2 fully saturated rings. The SMILES string of the molecule is COc1cc(N2CCC(N(C)C)C2)c(N)cc1Nc1cc(-c2ccc3c(cnn3C)c2)ncn1.COc1cc(N2CCC(N(C)C)C2)c([N+](=O)[O-])cc1Nc1cc(-c2ccc3c(cnn3C)c2)ncn1. The number of nitrogens with one attached hydrogen (secondary N) is 2. The van der Waals surface area contributed by atoms with Crippen molar-refractivity contribution in [1.82, 2.24) is 49.3 Å². The molecule has 0 bridgehead atoms. The van der Waals surface area contributed by atoms with E-state index in [0.717, 1.165) is 100 Å². The second kappa shape index (κ2) is 19.9. The van der Waals surface area contributed by atoms with Crippen LogP contribution in [0.15, 0.2) is 97.8 Å². The fourth-order valence-corrected chi connectivity index (χ4v) is 9.20. The van der Waals surface area contributed by atoms with Crippen LogP contribution < -0.4 is 35.6 Å². The number of nitrogens with two attached hydrogens (primary N) is 1. The van der Waals surface area contributed by atoms with Gasteiger partial charge in [-0.1, -0.05) is 12.1 Å². The van der Waals surface area contributed by atoms with Crippen molar-refractivity contribution in [3.8, 4) is 34.0 Å². The highest BCUT2D eigenvalue weighted by atomic mass is 16.6. The minimum absolute atomic E-state index is 0.0222. The average molecular weight is 947 g/mol. The molecule has 20 heteroatoms. The summed E-state index contributed by atoms with van der Waals surface area (Å²) < 4.78 is 15.0. The van der Waals surface area contributed by atoms with Crippen molar-refractivity contribution in [3.63, 3.8) is 0 Å². The van der Waals surface area contributed by atoms with Crippen LogP contribution in [-0.4, -0.2) is 135 Å². The van der Waals surface area contributed by atoms with Crippen LogP contribution in [0.5, 0.6) is 11.5 Å². The number of nitrogens with zero attached hydrogens (tertiary/aromatic N) is 13. The minimum atomic E-state index is -0.350. The Hall–Kier alpha value is -8.10. The van der Waals surface area contributed by atoms with E-state index in [-0.39, 0.29) is 10.6 Å². The number of aromatic nitrogens is 8. The summed E-state index contributed by atoms with van der Waals surface area (Å²) in [6, 6.07) is 23.9. The number of nitro groups is 1. The van der Waals surface area contributed by atoms with E-state index >= 15 is 0 Å². The molecule has 4 N–H and O–H groups in total. The minimum Gasteiger partial charge on any atom is -0.494 e. The summed E-state index contributed by atoms with van der Waals surface area (Å²) in [5.41, 5.74) is 15.5. The molecule has 0 aliphatic carbocycles. The first kappa shape index (κ1) is 47.0. The third-order valence-electron chi connectivity index (χ3n) is 13.3. The number of nitro benzene ring substituents is 1. The number of ether oxygens (including phenoxy) is 2. The molecular weight excluding hydrogens is 889 g/mol. The van der Waals surface area contributed by atoms with Crippen LogP contribution in [0, 0.1) is 10.1 Å². The van der Waals surface area contributed by atoms with Gasteiger partial charge in [-0.2, -0.15) is 10.2 Å². The summed E-state index contributed by atoms with van der Waals surface area (Å²) in [6.07, 6.45) is 8.75. The Morgan fingerprint density at radius 2 is 1.13 bits per heavy atom. The van der Waals surface area contributed by atoms with E-state index in [0.29, 0.717) is 46.5 Å². The fourth-order valence-electron chi connectivity index (χ4n) is 9.20. The van der Waals surface area contributed by atoms with Gasteiger partial charge in [0, 0.05) is 105 Å². The van der Waals surface area contributed by atoms with Crippen molar-refractivity contribution in [2.75, 3.05) is 94.8 Å². The Kier molecular flexibility index (Phi) is 13.3. The van der Waals surface area contributed by atoms with Crippen LogP contribution in [0.4, 0.5) is 45.8 Å². The van der Waals surface area contributed by atoms with Crippen molar-refractivity contribution in [3.05, 3.63) is 108 Å². The van der Waals surface area contributed by atoms with Crippen molar-refractivity contribution in [1.29, 1.82) is 0 Å². The number of methoxy groups -OCH3 is 2. The van der Waals surface area contributed by atoms with Crippen LogP contribution >= 0.6 is 0 Å². The summed E-state index contributed by atoms with van der Waals surface area (Å²) in [5.74, 6) is 2.38. The second-order valence-corrected chi connectivity index (χ2v) is 18.0. The molecule has 2 aliphatic rings. The molecule has 0 spiro atoms. The fraction of sp³-hybridized carbons (Fsp3) is 0.320. The smallest absolute Gasteiger partial charge is 0.294 e. The van der Waals surface area contributed by atoms with Gasteiger partial charge >= 0.3 is 0 Å². The van der Waals surface area contributed by atoms with Crippen LogP contribution in [0.1, 0.15) is 12.8 Å². The molecule has 4 aromatic carbocycles. The lowest BCUT2D eigenvalue weighted by Gasteiger charge is -2.24. The number of likely N-dealkylation sites (N-methyl/N-ethyl adjacent to an activating group) is 2. The Morgan fingerprint density at radius 1 is 0.657 bits per heavy atom. The summed E-state index contributed by atoms with van der Waals surface area (Å²) in [4.78, 5) is 38.1. The highest BCUT2D eigenvalue weighted by Gasteiger charge is 2.31. The monoisotopic (exact) mass is 946 g/mol. The number of anilines is 7. The Morgan fingerprint density at radius 3 is 1.59 bits per heavy atom. The first-order valence-electron chi connectivity index (χ1n) is 23.0. The Balaban J connectivity index is 0.000000174. The summed E-state index contributed by atoms with van der Waals surface area (Å²) in [5, 5.41) is 29.3. The van der Waals surface area contributed by atoms with E-state index in [1.807, 2.05) is 97.3 Å². The average Bonchev–Trinajstić information content (AvgIpc) is 4.20. The highest BCUT2D eigenvalue weighted by Crippen LogP contribution is 2.42. The molecule has 362 valence electrons. The third kappa shape index (κ3) is 9.76. The zero-order valence-electron chi connectivity index (χ0n) is 40.7. The van der Waals surface area contributed by atoms with Gasteiger partial charge < -0.3 is 45.4 Å². The van der Waals surface area contributed by atoms with Crippen LogP contribution in [0.25, 0.3) is 44.3 Å². The van der Waals surface area contributed by atoms with Gasteiger partial charge in [0.25, 0.3) is 5.69 Å². The zero-order chi connectivity index (χ0) is 49.2. The number of benzene rings is 4. The van der Waals surface area contributed by atoms with Gasteiger partial charge in [0.05, 0.1) is 76.7 Å². The normalized spacial score (nSPS) is 15.7. The lowest BCUT2D eigenvalue weighted by molar-refractivity contribution is -0.384. The molecule has 70 heavy (non-hydrogen) atoms. The molecule has 0 amide bonds. The van der Waals surface area contributed by atoms with Crippen molar-refractivity contribution < 1.29 is 14.4 Å². The number of rotatable bonds is 13. The van der Waals surface area contributed by atoms with Crippen LogP contribution in [0.2, 0.25) is 0 Å². The van der Waals surface area contributed by atoms with E-state index in [9.17, 15) is 10.1 Å². The molecule has 0 saturated carbocycles. The maximum absolute atomic E-state index is 12.0. The molecule has 2 unspecified atom stereocenters. The number of fused-ring (bicyclic) bond motifs is 2. The second-order valence-electron chi connectivity index (χ2n) is 18.0. The van der Waals surface area contributed by atoms with Gasteiger partial charge in [-0.3, -0.25) is 19.5 Å². The number of nitrogen functional groups attached to an aromatic ring is 1. The summed E-state index contributed by atoms with van der Waals surface area (Å²) in [6.45, 7) is 3.39. The molecule has 4 aromatic heterocycles. The molecule has 20 nitrogen and oxygen atoms in total. The number of hydrogen-bond donors (Lipinski definition) is 3. The predicted octanol–water partition coefficient (Wildman–Crippen LogP) is 7.34. The van der Waals surface area contributed by atoms with Crippen molar-refractivity contribution in [2.45, 2.75) is 24.9 Å². The van der Waals surface area contributed by atoms with E-state index in [4.69, 9.17) is 15.2 Å². The summed E-state index contributed by atoms with van der Waals surface area (Å²) >= 11 is 0. The molecule has 2 aliphatic heterocycles. The number of aryl methyl sites for hydroxylation is 2. The van der Waals surface area contributed by atoms with Gasteiger partial charge in [0.2, 0.25) is 0 Å².